The fourth-order valence-electron chi connectivity index (χ4n) is 3.91. The summed E-state index contributed by atoms with van der Waals surface area (Å²) in [6.45, 7) is 5.52. The third-order valence-corrected chi connectivity index (χ3v) is 5.23. The minimum Gasteiger partial charge on any atom is -0.377 e. The lowest BCUT2D eigenvalue weighted by Gasteiger charge is -2.54. The molecular weight excluding hydrogens is 310 g/mol. The van der Waals surface area contributed by atoms with Gasteiger partial charge in [0, 0.05) is 42.7 Å². The van der Waals surface area contributed by atoms with Crippen LogP contribution in [-0.2, 0) is 11.2 Å². The maximum Gasteiger partial charge on any atom is 0.315 e. The molecule has 1 saturated heterocycles. The first kappa shape index (κ1) is 16.7. The Morgan fingerprint density at radius 3 is 2.75 bits per heavy atom. The Hall–Kier alpha value is -2.15. The second-order valence-electron chi connectivity index (χ2n) is 7.12. The molecule has 130 valence electrons. The topological polar surface area (TPSA) is 93.5 Å². The predicted molar refractivity (Wildman–Crippen MR) is 88.8 cm³/mol. The molecule has 7 heteroatoms. The molecule has 2 aliphatic rings. The Balaban J connectivity index is 1.44. The zero-order chi connectivity index (χ0) is 17.3. The Morgan fingerprint density at radius 1 is 1.38 bits per heavy atom. The highest BCUT2D eigenvalue weighted by Gasteiger charge is 2.59. The van der Waals surface area contributed by atoms with Crippen molar-refractivity contribution in [2.45, 2.75) is 38.8 Å². The van der Waals surface area contributed by atoms with Gasteiger partial charge in [0.05, 0.1) is 11.0 Å². The number of carbonyl (C=O) groups is 1. The number of benzene rings is 1. The van der Waals surface area contributed by atoms with Gasteiger partial charge in [-0.3, -0.25) is 10.1 Å². The Labute approximate surface area is 140 Å². The summed E-state index contributed by atoms with van der Waals surface area (Å²) in [5, 5.41) is 16.5. The van der Waals surface area contributed by atoms with Crippen LogP contribution in [-0.4, -0.2) is 36.3 Å². The number of hydrogen-bond donors (Lipinski definition) is 2. The van der Waals surface area contributed by atoms with Crippen molar-refractivity contribution in [1.29, 1.82) is 0 Å². The Bertz CT molecular complexity index is 629. The van der Waals surface area contributed by atoms with Crippen LogP contribution >= 0.6 is 0 Å². The van der Waals surface area contributed by atoms with E-state index in [0.29, 0.717) is 18.9 Å². The number of nitrogens with zero attached hydrogens (tertiary/aromatic N) is 1. The number of nitro benzene ring substituents is 1. The molecule has 0 radical (unpaired) electrons. The number of rotatable bonds is 5. The van der Waals surface area contributed by atoms with Crippen molar-refractivity contribution >= 4 is 11.7 Å². The molecule has 7 nitrogen and oxygen atoms in total. The average molecular weight is 333 g/mol. The van der Waals surface area contributed by atoms with Crippen molar-refractivity contribution in [3.63, 3.8) is 0 Å². The van der Waals surface area contributed by atoms with Crippen LogP contribution in [0.5, 0.6) is 0 Å². The summed E-state index contributed by atoms with van der Waals surface area (Å²) in [5.41, 5.74) is 0.996. The minimum atomic E-state index is -0.421. The standard InChI is InChI=1S/C17H23N3O4/c1-17(2)14(13-8-10-24-15(13)17)19-16(21)18-9-7-11-3-5-12(6-4-11)20(22)23/h3-6,13-15H,7-10H2,1-2H3,(H2,18,19,21)/t13-,14+,15+/m0/s1. The zero-order valence-electron chi connectivity index (χ0n) is 14.0. The fourth-order valence-corrected chi connectivity index (χ4v) is 3.91. The maximum absolute atomic E-state index is 12.1. The number of urea groups is 1. The van der Waals surface area contributed by atoms with Crippen LogP contribution in [0.25, 0.3) is 0 Å². The Kier molecular flexibility index (Phi) is 4.45. The van der Waals surface area contributed by atoms with Gasteiger partial charge in [-0.15, -0.1) is 0 Å². The monoisotopic (exact) mass is 333 g/mol. The first-order chi connectivity index (χ1) is 11.4. The molecule has 2 fully saturated rings. The van der Waals surface area contributed by atoms with Crippen LogP contribution in [0, 0.1) is 21.4 Å². The predicted octanol–water partition coefficient (Wildman–Crippen LogP) is 2.25. The molecule has 0 aromatic heterocycles. The number of amides is 2. The van der Waals surface area contributed by atoms with Crippen molar-refractivity contribution in [3.8, 4) is 0 Å². The van der Waals surface area contributed by atoms with Crippen molar-refractivity contribution in [1.82, 2.24) is 10.6 Å². The highest BCUT2D eigenvalue weighted by molar-refractivity contribution is 5.74. The SMILES string of the molecule is CC1(C)[C@H](NC(=O)NCCc2ccc([N+](=O)[O-])cc2)[C@@H]2CCO[C@H]21. The van der Waals surface area contributed by atoms with Crippen molar-refractivity contribution in [2.75, 3.05) is 13.2 Å². The smallest absolute Gasteiger partial charge is 0.315 e. The fraction of sp³-hybridized carbons (Fsp3) is 0.588. The van der Waals surface area contributed by atoms with Crippen molar-refractivity contribution in [3.05, 3.63) is 39.9 Å². The number of carbonyl (C=O) groups excluding carboxylic acids is 1. The van der Waals surface area contributed by atoms with Crippen LogP contribution in [0.3, 0.4) is 0 Å². The van der Waals surface area contributed by atoms with Gasteiger partial charge in [0.15, 0.2) is 0 Å². The van der Waals surface area contributed by atoms with Gasteiger partial charge in [0.2, 0.25) is 0 Å². The molecule has 2 N–H and O–H groups in total. The van der Waals surface area contributed by atoms with Crippen LogP contribution in [0.2, 0.25) is 0 Å². The van der Waals surface area contributed by atoms with E-state index in [2.05, 4.69) is 24.5 Å². The van der Waals surface area contributed by atoms with E-state index in [1.54, 1.807) is 12.1 Å². The van der Waals surface area contributed by atoms with E-state index in [1.165, 1.54) is 12.1 Å². The second-order valence-corrected chi connectivity index (χ2v) is 7.12. The number of ether oxygens (including phenoxy) is 1. The summed E-state index contributed by atoms with van der Waals surface area (Å²) in [4.78, 5) is 22.3. The third kappa shape index (κ3) is 3.08. The Morgan fingerprint density at radius 2 is 2.08 bits per heavy atom. The van der Waals surface area contributed by atoms with Crippen LogP contribution < -0.4 is 10.6 Å². The summed E-state index contributed by atoms with van der Waals surface area (Å²) < 4.78 is 5.72. The second kappa shape index (κ2) is 6.39. The normalized spacial score (nSPS) is 27.0. The molecule has 0 unspecified atom stereocenters. The molecule has 24 heavy (non-hydrogen) atoms. The van der Waals surface area contributed by atoms with Crippen molar-refractivity contribution < 1.29 is 14.5 Å². The van der Waals surface area contributed by atoms with Crippen LogP contribution in [0.4, 0.5) is 10.5 Å². The molecule has 2 amide bonds. The highest BCUT2D eigenvalue weighted by atomic mass is 16.6. The molecular formula is C17H23N3O4. The zero-order valence-corrected chi connectivity index (χ0v) is 14.0. The lowest BCUT2D eigenvalue weighted by Crippen LogP contribution is -2.67. The average Bonchev–Trinajstić information content (AvgIpc) is 3.00. The van der Waals surface area contributed by atoms with Gasteiger partial charge in [-0.2, -0.15) is 0 Å². The number of nitro groups is 1. The summed E-state index contributed by atoms with van der Waals surface area (Å²) in [7, 11) is 0. The van der Waals surface area contributed by atoms with Gasteiger partial charge in [-0.25, -0.2) is 4.79 Å². The molecule has 1 aromatic carbocycles. The largest absolute Gasteiger partial charge is 0.377 e. The van der Waals surface area contributed by atoms with Gasteiger partial charge in [-0.1, -0.05) is 26.0 Å². The van der Waals surface area contributed by atoms with E-state index < -0.39 is 4.92 Å². The molecule has 0 spiro atoms. The van der Waals surface area contributed by atoms with Gasteiger partial charge in [-0.05, 0) is 18.4 Å². The van der Waals surface area contributed by atoms with Crippen molar-refractivity contribution in [2.24, 2.45) is 11.3 Å². The van der Waals surface area contributed by atoms with E-state index in [1.807, 2.05) is 0 Å². The molecule has 3 rings (SSSR count). The van der Waals surface area contributed by atoms with Gasteiger partial charge < -0.3 is 15.4 Å². The first-order valence-electron chi connectivity index (χ1n) is 8.29. The molecule has 1 aliphatic heterocycles. The summed E-state index contributed by atoms with van der Waals surface area (Å²) in [6.07, 6.45) is 1.89. The van der Waals surface area contributed by atoms with Gasteiger partial charge in [0.1, 0.15) is 0 Å². The van der Waals surface area contributed by atoms with E-state index in [9.17, 15) is 14.9 Å². The summed E-state index contributed by atoms with van der Waals surface area (Å²) in [5.74, 6) is 0.417. The quantitative estimate of drug-likeness (QED) is 0.638. The number of non-ortho nitro benzene ring substituents is 1. The van der Waals surface area contributed by atoms with E-state index in [-0.39, 0.29) is 29.3 Å². The first-order valence-corrected chi connectivity index (χ1v) is 8.29. The van der Waals surface area contributed by atoms with E-state index in [4.69, 9.17) is 4.74 Å². The van der Waals surface area contributed by atoms with E-state index >= 15 is 0 Å². The van der Waals surface area contributed by atoms with E-state index in [0.717, 1.165) is 18.6 Å². The number of hydrogen-bond acceptors (Lipinski definition) is 4. The van der Waals surface area contributed by atoms with Gasteiger partial charge in [0.25, 0.3) is 5.69 Å². The molecule has 1 saturated carbocycles. The molecule has 1 heterocycles. The molecule has 1 aliphatic carbocycles. The summed E-state index contributed by atoms with van der Waals surface area (Å²) in [6, 6.07) is 6.36. The molecule has 0 bridgehead atoms. The number of fused-ring (bicyclic) bond motifs is 1. The van der Waals surface area contributed by atoms with Gasteiger partial charge >= 0.3 is 6.03 Å². The maximum atomic E-state index is 12.1. The lowest BCUT2D eigenvalue weighted by molar-refractivity contribution is -0.384. The summed E-state index contributed by atoms with van der Waals surface area (Å²) >= 11 is 0. The molecule has 3 atom stereocenters. The number of nitrogens with one attached hydrogen (secondary N) is 2. The van der Waals surface area contributed by atoms with Crippen LogP contribution in [0.1, 0.15) is 25.8 Å². The lowest BCUT2D eigenvalue weighted by atomic mass is 9.57. The molecule has 1 aromatic rings. The highest BCUT2D eigenvalue weighted by Crippen LogP contribution is 2.51. The van der Waals surface area contributed by atoms with Crippen LogP contribution in [0.15, 0.2) is 24.3 Å². The minimum absolute atomic E-state index is 0.0309. The third-order valence-electron chi connectivity index (χ3n) is 5.23.